The predicted octanol–water partition coefficient (Wildman–Crippen LogP) is 3.07. The van der Waals surface area contributed by atoms with Gasteiger partial charge in [0.2, 0.25) is 4.90 Å². The second-order valence-corrected chi connectivity index (χ2v) is 10.1. The highest BCUT2D eigenvalue weighted by atomic mass is 32.2. The van der Waals surface area contributed by atoms with Crippen molar-refractivity contribution >= 4 is 34.0 Å². The minimum Gasteiger partial charge on any atom is -0.588 e. The maximum atomic E-state index is 12.9. The topological polar surface area (TPSA) is 121 Å². The molecular formula is C24H28N4O4S. The van der Waals surface area contributed by atoms with Gasteiger partial charge in [-0.05, 0) is 61.6 Å². The quantitative estimate of drug-likeness (QED) is 0.478. The molecule has 1 atom stereocenters. The smallest absolute Gasteiger partial charge is 0.266 e. The number of H-pyrrole nitrogens is 1. The van der Waals surface area contributed by atoms with Gasteiger partial charge in [0.15, 0.2) is 0 Å². The van der Waals surface area contributed by atoms with Gasteiger partial charge in [0, 0.05) is 18.7 Å². The molecule has 1 fully saturated rings. The van der Waals surface area contributed by atoms with Crippen molar-refractivity contribution in [3.8, 4) is 0 Å². The standard InChI is InChI=1S/C24H28N4O4S/c1-16(2)14-24(31)10-12-28(13-11-24)23(30)17-6-8-18(9-7-17)27-33(32)20-5-3-4-19-22(20)25-15-21(29)26-19/h3-9,15-16,27,31H,10-14H2,1-2H3,(H,26,29). The normalized spacial score (nSPS) is 16.7. The molecule has 4 rings (SSSR count). The number of amides is 1. The summed E-state index contributed by atoms with van der Waals surface area (Å²) in [7, 11) is 0. The molecule has 0 saturated carbocycles. The molecule has 9 heteroatoms. The number of rotatable bonds is 6. The number of carbonyl (C=O) groups is 1. The molecule has 2 heterocycles. The lowest BCUT2D eigenvalue weighted by molar-refractivity contribution is -0.0311. The third-order valence-corrected chi connectivity index (χ3v) is 7.03. The zero-order valence-corrected chi connectivity index (χ0v) is 19.5. The number of aromatic amines is 1. The van der Waals surface area contributed by atoms with Crippen molar-refractivity contribution in [2.75, 3.05) is 17.8 Å². The second kappa shape index (κ2) is 9.54. The molecule has 174 valence electrons. The molecule has 1 amide bonds. The van der Waals surface area contributed by atoms with Crippen molar-refractivity contribution in [1.29, 1.82) is 0 Å². The Morgan fingerprint density at radius 3 is 2.61 bits per heavy atom. The van der Waals surface area contributed by atoms with E-state index in [9.17, 15) is 19.2 Å². The molecule has 1 unspecified atom stereocenters. The SMILES string of the molecule is CC(C)CC1(O)CCN(C(=O)c2ccc(N[S+]([O-])c3cccc4[nH]c(=O)cnc34)cc2)CC1. The average molecular weight is 469 g/mol. The van der Waals surface area contributed by atoms with Crippen LogP contribution in [-0.2, 0) is 11.4 Å². The highest BCUT2D eigenvalue weighted by Crippen LogP contribution is 2.29. The number of piperidine rings is 1. The Morgan fingerprint density at radius 2 is 1.94 bits per heavy atom. The number of hydrogen-bond acceptors (Lipinski definition) is 6. The molecule has 8 nitrogen and oxygen atoms in total. The number of hydrogen-bond donors (Lipinski definition) is 3. The lowest BCUT2D eigenvalue weighted by Crippen LogP contribution is -2.47. The van der Waals surface area contributed by atoms with E-state index in [1.165, 1.54) is 0 Å². The van der Waals surface area contributed by atoms with Gasteiger partial charge in [0.25, 0.3) is 11.5 Å². The Bertz CT molecular complexity index is 1190. The lowest BCUT2D eigenvalue weighted by atomic mass is 9.84. The number of para-hydroxylation sites is 1. The molecule has 1 saturated heterocycles. The van der Waals surface area contributed by atoms with Crippen LogP contribution in [0, 0.1) is 5.92 Å². The Hall–Kier alpha value is -2.88. The van der Waals surface area contributed by atoms with E-state index < -0.39 is 17.0 Å². The molecule has 1 aromatic heterocycles. The van der Waals surface area contributed by atoms with Crippen LogP contribution in [-0.4, -0.2) is 49.1 Å². The van der Waals surface area contributed by atoms with Crippen LogP contribution >= 0.6 is 0 Å². The molecule has 33 heavy (non-hydrogen) atoms. The fourth-order valence-electron chi connectivity index (χ4n) is 4.31. The predicted molar refractivity (Wildman–Crippen MR) is 128 cm³/mol. The monoisotopic (exact) mass is 468 g/mol. The molecule has 1 aliphatic heterocycles. The second-order valence-electron chi connectivity index (χ2n) is 8.96. The van der Waals surface area contributed by atoms with Gasteiger partial charge in [0.05, 0.1) is 23.0 Å². The summed E-state index contributed by atoms with van der Waals surface area (Å²) < 4.78 is 15.8. The molecule has 0 bridgehead atoms. The van der Waals surface area contributed by atoms with Crippen molar-refractivity contribution in [3.05, 3.63) is 64.6 Å². The first kappa shape index (κ1) is 23.3. The minimum absolute atomic E-state index is 0.0727. The first-order valence-corrected chi connectivity index (χ1v) is 12.2. The van der Waals surface area contributed by atoms with Crippen LogP contribution in [0.3, 0.4) is 0 Å². The van der Waals surface area contributed by atoms with Crippen molar-refractivity contribution in [2.45, 2.75) is 43.6 Å². The number of fused-ring (bicyclic) bond motifs is 1. The van der Waals surface area contributed by atoms with E-state index in [2.05, 4.69) is 28.5 Å². The summed E-state index contributed by atoms with van der Waals surface area (Å²) >= 11 is -1.61. The van der Waals surface area contributed by atoms with E-state index in [-0.39, 0.29) is 11.5 Å². The van der Waals surface area contributed by atoms with Crippen molar-refractivity contribution < 1.29 is 14.5 Å². The van der Waals surface area contributed by atoms with Crippen LogP contribution in [0.1, 0.15) is 43.5 Å². The molecule has 2 aromatic carbocycles. The van der Waals surface area contributed by atoms with Crippen LogP contribution in [0.15, 0.2) is 58.4 Å². The van der Waals surface area contributed by atoms with Gasteiger partial charge in [-0.1, -0.05) is 19.9 Å². The summed E-state index contributed by atoms with van der Waals surface area (Å²) in [5.74, 6) is 0.339. The summed E-state index contributed by atoms with van der Waals surface area (Å²) in [5.41, 5.74) is 1.10. The number of benzene rings is 2. The number of anilines is 1. The maximum absolute atomic E-state index is 12.9. The number of carbonyl (C=O) groups excluding carboxylic acids is 1. The molecule has 3 aromatic rings. The molecule has 0 radical (unpaired) electrons. The number of aliphatic hydroxyl groups is 1. The van der Waals surface area contributed by atoms with Crippen LogP contribution in [0.5, 0.6) is 0 Å². The van der Waals surface area contributed by atoms with Crippen molar-refractivity contribution in [3.63, 3.8) is 0 Å². The number of nitrogens with one attached hydrogen (secondary N) is 2. The van der Waals surface area contributed by atoms with E-state index in [1.807, 2.05) is 0 Å². The Morgan fingerprint density at radius 1 is 1.24 bits per heavy atom. The first-order valence-electron chi connectivity index (χ1n) is 11.0. The number of nitrogens with zero attached hydrogens (tertiary/aromatic N) is 2. The summed E-state index contributed by atoms with van der Waals surface area (Å²) in [5, 5.41) is 10.7. The zero-order chi connectivity index (χ0) is 23.6. The summed E-state index contributed by atoms with van der Waals surface area (Å²) in [6.07, 6.45) is 3.07. The first-order chi connectivity index (χ1) is 15.7. The maximum Gasteiger partial charge on any atom is 0.266 e. The number of aromatic nitrogens is 2. The van der Waals surface area contributed by atoms with Gasteiger partial charge >= 0.3 is 0 Å². The average Bonchev–Trinajstić information content (AvgIpc) is 2.78. The van der Waals surface area contributed by atoms with Crippen LogP contribution in [0.25, 0.3) is 11.0 Å². The van der Waals surface area contributed by atoms with Gasteiger partial charge in [-0.2, -0.15) is 0 Å². The molecular weight excluding hydrogens is 440 g/mol. The van der Waals surface area contributed by atoms with Gasteiger partial charge < -0.3 is 19.5 Å². The van der Waals surface area contributed by atoms with Crippen LogP contribution in [0.4, 0.5) is 5.69 Å². The summed E-state index contributed by atoms with van der Waals surface area (Å²) in [6.45, 7) is 5.25. The molecule has 0 spiro atoms. The minimum atomic E-state index is -1.61. The Kier molecular flexibility index (Phi) is 6.73. The van der Waals surface area contributed by atoms with Crippen molar-refractivity contribution in [2.24, 2.45) is 5.92 Å². The van der Waals surface area contributed by atoms with E-state index in [1.54, 1.807) is 47.4 Å². The van der Waals surface area contributed by atoms with E-state index in [4.69, 9.17) is 0 Å². The Labute approximate surface area is 195 Å². The van der Waals surface area contributed by atoms with Crippen LogP contribution in [0.2, 0.25) is 0 Å². The fourth-order valence-corrected chi connectivity index (χ4v) is 5.31. The number of likely N-dealkylation sites (tertiary alicyclic amines) is 1. The molecule has 3 N–H and O–H groups in total. The molecule has 0 aliphatic carbocycles. The van der Waals surface area contributed by atoms with E-state index in [0.717, 1.165) is 12.6 Å². The van der Waals surface area contributed by atoms with Gasteiger partial charge in [-0.15, -0.1) is 0 Å². The van der Waals surface area contributed by atoms with Crippen molar-refractivity contribution in [1.82, 2.24) is 14.9 Å². The zero-order valence-electron chi connectivity index (χ0n) is 18.7. The fraction of sp³-hybridized carbons (Fsp3) is 0.375. The lowest BCUT2D eigenvalue weighted by Gasteiger charge is -2.39. The highest BCUT2D eigenvalue weighted by Gasteiger charge is 2.34. The Balaban J connectivity index is 1.41. The van der Waals surface area contributed by atoms with Gasteiger partial charge in [-0.3, -0.25) is 9.59 Å². The van der Waals surface area contributed by atoms with E-state index in [0.29, 0.717) is 59.0 Å². The highest BCUT2D eigenvalue weighted by molar-refractivity contribution is 7.93. The van der Waals surface area contributed by atoms with Gasteiger partial charge in [-0.25, -0.2) is 9.71 Å². The largest absolute Gasteiger partial charge is 0.588 e. The third kappa shape index (κ3) is 5.38. The van der Waals surface area contributed by atoms with Gasteiger partial charge in [0.1, 0.15) is 16.9 Å². The summed E-state index contributed by atoms with van der Waals surface area (Å²) in [6, 6.07) is 11.9. The van der Waals surface area contributed by atoms with Crippen LogP contribution < -0.4 is 10.3 Å². The third-order valence-electron chi connectivity index (χ3n) is 5.88. The summed E-state index contributed by atoms with van der Waals surface area (Å²) in [4.78, 5) is 33.4. The van der Waals surface area contributed by atoms with E-state index >= 15 is 0 Å². The molecule has 1 aliphatic rings.